The van der Waals surface area contributed by atoms with Crippen LogP contribution in [-0.4, -0.2) is 45.2 Å². The normalized spacial score (nSPS) is 11.0. The van der Waals surface area contributed by atoms with Crippen LogP contribution in [0.5, 0.6) is 5.75 Å². The summed E-state index contributed by atoms with van der Waals surface area (Å²) < 4.78 is 5.85. The number of hydrogen-bond acceptors (Lipinski definition) is 3. The predicted molar refractivity (Wildman–Crippen MR) is 77.6 cm³/mol. The lowest BCUT2D eigenvalue weighted by Gasteiger charge is -2.14. The van der Waals surface area contributed by atoms with Gasteiger partial charge >= 0.3 is 0 Å². The van der Waals surface area contributed by atoms with Gasteiger partial charge in [0.05, 0.1) is 0 Å². The molecule has 0 bridgehead atoms. The second kappa shape index (κ2) is 7.39. The molecule has 0 aliphatic rings. The molecule has 1 rings (SSSR count). The summed E-state index contributed by atoms with van der Waals surface area (Å²) in [4.78, 5) is 2.17. The highest BCUT2D eigenvalue weighted by Crippen LogP contribution is 2.24. The van der Waals surface area contributed by atoms with E-state index in [1.165, 1.54) is 16.7 Å². The van der Waals surface area contributed by atoms with E-state index in [-0.39, 0.29) is 0 Å². The third-order valence-electron chi connectivity index (χ3n) is 2.87. The minimum absolute atomic E-state index is 0.720. The van der Waals surface area contributed by atoms with Gasteiger partial charge in [0.25, 0.3) is 0 Å². The van der Waals surface area contributed by atoms with Crippen LogP contribution in [0.1, 0.15) is 16.7 Å². The molecule has 0 saturated carbocycles. The Hall–Kier alpha value is -1.06. The second-order valence-electron chi connectivity index (χ2n) is 5.13. The van der Waals surface area contributed by atoms with Crippen molar-refractivity contribution in [3.05, 3.63) is 28.8 Å². The first kappa shape index (κ1) is 15.0. The van der Waals surface area contributed by atoms with Crippen molar-refractivity contribution in [1.29, 1.82) is 0 Å². The summed E-state index contributed by atoms with van der Waals surface area (Å²) >= 11 is 0. The van der Waals surface area contributed by atoms with Crippen molar-refractivity contribution in [3.63, 3.8) is 0 Å². The van der Waals surface area contributed by atoms with Crippen molar-refractivity contribution < 1.29 is 4.74 Å². The van der Waals surface area contributed by atoms with E-state index in [9.17, 15) is 0 Å². The van der Waals surface area contributed by atoms with E-state index in [2.05, 4.69) is 57.2 Å². The molecule has 0 unspecified atom stereocenters. The van der Waals surface area contributed by atoms with Crippen molar-refractivity contribution in [2.24, 2.45) is 0 Å². The van der Waals surface area contributed by atoms with Crippen molar-refractivity contribution in [2.75, 3.05) is 40.3 Å². The van der Waals surface area contributed by atoms with Crippen molar-refractivity contribution >= 4 is 0 Å². The Kier molecular flexibility index (Phi) is 6.16. The molecule has 0 amide bonds. The Morgan fingerprint density at radius 2 is 1.67 bits per heavy atom. The Labute approximate surface area is 111 Å². The Balaban J connectivity index is 2.31. The van der Waals surface area contributed by atoms with E-state index >= 15 is 0 Å². The predicted octanol–water partition coefficient (Wildman–Crippen LogP) is 2.14. The Morgan fingerprint density at radius 1 is 1.06 bits per heavy atom. The zero-order chi connectivity index (χ0) is 13.5. The fourth-order valence-electron chi connectivity index (χ4n) is 2.05. The molecule has 0 aromatic heterocycles. The van der Waals surface area contributed by atoms with E-state index in [0.717, 1.165) is 32.0 Å². The van der Waals surface area contributed by atoms with Crippen molar-refractivity contribution in [2.45, 2.75) is 20.8 Å². The summed E-state index contributed by atoms with van der Waals surface area (Å²) in [5.41, 5.74) is 3.74. The summed E-state index contributed by atoms with van der Waals surface area (Å²) in [6.07, 6.45) is 0. The highest BCUT2D eigenvalue weighted by molar-refractivity contribution is 5.42. The monoisotopic (exact) mass is 250 g/mol. The number of likely N-dealkylation sites (N-methyl/N-ethyl adjacent to an activating group) is 1. The van der Waals surface area contributed by atoms with Gasteiger partial charge in [-0.25, -0.2) is 0 Å². The average Bonchev–Trinajstić information content (AvgIpc) is 2.25. The minimum atomic E-state index is 0.720. The van der Waals surface area contributed by atoms with Gasteiger partial charge in [0.1, 0.15) is 12.4 Å². The van der Waals surface area contributed by atoms with Crippen molar-refractivity contribution in [3.8, 4) is 5.75 Å². The van der Waals surface area contributed by atoms with Crippen LogP contribution in [0.3, 0.4) is 0 Å². The maximum absolute atomic E-state index is 5.85. The molecule has 0 heterocycles. The van der Waals surface area contributed by atoms with E-state index in [4.69, 9.17) is 4.74 Å². The zero-order valence-electron chi connectivity index (χ0n) is 12.3. The van der Waals surface area contributed by atoms with Crippen LogP contribution in [-0.2, 0) is 0 Å². The van der Waals surface area contributed by atoms with Crippen LogP contribution < -0.4 is 10.1 Å². The van der Waals surface area contributed by atoms with E-state index in [1.54, 1.807) is 0 Å². The molecule has 0 aliphatic carbocycles. The van der Waals surface area contributed by atoms with Gasteiger partial charge in [-0.05, 0) is 46.0 Å². The Bertz CT molecular complexity index is 352. The second-order valence-corrected chi connectivity index (χ2v) is 5.13. The number of benzene rings is 1. The topological polar surface area (TPSA) is 24.5 Å². The summed E-state index contributed by atoms with van der Waals surface area (Å²) in [7, 11) is 4.16. The van der Waals surface area contributed by atoms with Gasteiger partial charge in [-0.2, -0.15) is 0 Å². The molecule has 3 heteroatoms. The maximum Gasteiger partial charge on any atom is 0.125 e. The third-order valence-corrected chi connectivity index (χ3v) is 2.87. The van der Waals surface area contributed by atoms with Gasteiger partial charge in [-0.1, -0.05) is 17.7 Å². The smallest absolute Gasteiger partial charge is 0.125 e. The lowest BCUT2D eigenvalue weighted by molar-refractivity contribution is 0.305. The SMILES string of the molecule is Cc1cc(C)c(OCCNCCN(C)C)c(C)c1. The van der Waals surface area contributed by atoms with Crippen LogP contribution in [0.2, 0.25) is 0 Å². The van der Waals surface area contributed by atoms with Crippen molar-refractivity contribution in [1.82, 2.24) is 10.2 Å². The fraction of sp³-hybridized carbons (Fsp3) is 0.600. The average molecular weight is 250 g/mol. The summed E-state index contributed by atoms with van der Waals surface area (Å²) in [6, 6.07) is 4.34. The molecule has 0 spiro atoms. The lowest BCUT2D eigenvalue weighted by atomic mass is 10.1. The number of hydrogen-bond donors (Lipinski definition) is 1. The first-order valence-electron chi connectivity index (χ1n) is 6.57. The molecular formula is C15H26N2O. The van der Waals surface area contributed by atoms with Gasteiger partial charge in [-0.3, -0.25) is 0 Å². The highest BCUT2D eigenvalue weighted by atomic mass is 16.5. The molecule has 0 radical (unpaired) electrons. The third kappa shape index (κ3) is 5.07. The highest BCUT2D eigenvalue weighted by Gasteiger charge is 2.04. The molecule has 1 aromatic carbocycles. The Morgan fingerprint density at radius 3 is 2.22 bits per heavy atom. The molecule has 0 saturated heterocycles. The number of aryl methyl sites for hydroxylation is 3. The van der Waals surface area contributed by atoms with E-state index in [0.29, 0.717) is 0 Å². The standard InChI is InChI=1S/C15H26N2O/c1-12-10-13(2)15(14(3)11-12)18-9-7-16-6-8-17(4)5/h10-11,16H,6-9H2,1-5H3. The van der Waals surface area contributed by atoms with E-state index in [1.807, 2.05) is 0 Å². The molecule has 1 N–H and O–H groups in total. The van der Waals surface area contributed by atoms with Crippen LogP contribution in [0.25, 0.3) is 0 Å². The molecule has 0 aliphatic heterocycles. The van der Waals surface area contributed by atoms with Gasteiger partial charge in [-0.15, -0.1) is 0 Å². The van der Waals surface area contributed by atoms with Crippen LogP contribution in [0, 0.1) is 20.8 Å². The summed E-state index contributed by atoms with van der Waals surface area (Å²) in [6.45, 7) is 10.00. The summed E-state index contributed by atoms with van der Waals surface area (Å²) in [5.74, 6) is 1.04. The maximum atomic E-state index is 5.85. The van der Waals surface area contributed by atoms with Crippen LogP contribution in [0.4, 0.5) is 0 Å². The molecule has 1 aromatic rings. The molecule has 0 atom stereocenters. The number of rotatable bonds is 7. The first-order chi connectivity index (χ1) is 8.50. The minimum Gasteiger partial charge on any atom is -0.492 e. The number of ether oxygens (including phenoxy) is 1. The van der Waals surface area contributed by atoms with Gasteiger partial charge in [0.2, 0.25) is 0 Å². The molecular weight excluding hydrogens is 224 g/mol. The molecule has 102 valence electrons. The molecule has 18 heavy (non-hydrogen) atoms. The van der Waals surface area contributed by atoms with Crippen LogP contribution in [0.15, 0.2) is 12.1 Å². The van der Waals surface area contributed by atoms with Gasteiger partial charge < -0.3 is 15.0 Å². The summed E-state index contributed by atoms with van der Waals surface area (Å²) in [5, 5.41) is 3.37. The number of nitrogens with one attached hydrogen (secondary N) is 1. The number of nitrogens with zero attached hydrogens (tertiary/aromatic N) is 1. The van der Waals surface area contributed by atoms with Gasteiger partial charge in [0.15, 0.2) is 0 Å². The lowest BCUT2D eigenvalue weighted by Crippen LogP contribution is -2.29. The quantitative estimate of drug-likeness (QED) is 0.750. The molecule has 3 nitrogen and oxygen atoms in total. The molecule has 0 fully saturated rings. The first-order valence-corrected chi connectivity index (χ1v) is 6.57. The van der Waals surface area contributed by atoms with Gasteiger partial charge in [0, 0.05) is 19.6 Å². The van der Waals surface area contributed by atoms with Crippen LogP contribution >= 0.6 is 0 Å². The zero-order valence-corrected chi connectivity index (χ0v) is 12.3. The van der Waals surface area contributed by atoms with E-state index < -0.39 is 0 Å². The fourth-order valence-corrected chi connectivity index (χ4v) is 2.05. The largest absolute Gasteiger partial charge is 0.492 e.